The van der Waals surface area contributed by atoms with Crippen LogP contribution in [-0.4, -0.2) is 28.8 Å². The molecular weight excluding hydrogens is 474 g/mol. The highest BCUT2D eigenvalue weighted by Gasteiger charge is 2.26. The Balaban J connectivity index is 1.38. The number of para-hydroxylation sites is 1. The Morgan fingerprint density at radius 2 is 1.83 bits per heavy atom. The minimum Gasteiger partial charge on any atom is -0.457 e. The molecule has 8 nitrogen and oxygen atoms in total. The predicted molar refractivity (Wildman–Crippen MR) is 145 cm³/mol. The van der Waals surface area contributed by atoms with Crippen molar-refractivity contribution >= 4 is 41.1 Å². The summed E-state index contributed by atoms with van der Waals surface area (Å²) in [7, 11) is 0. The summed E-state index contributed by atoms with van der Waals surface area (Å²) in [5, 5.41) is 11.9. The zero-order valence-corrected chi connectivity index (χ0v) is 20.2. The van der Waals surface area contributed by atoms with Crippen LogP contribution in [0.2, 0.25) is 5.02 Å². The second kappa shape index (κ2) is 10.1. The van der Waals surface area contributed by atoms with Crippen LogP contribution in [0.3, 0.4) is 0 Å². The van der Waals surface area contributed by atoms with Crippen LogP contribution in [0.4, 0.5) is 23.3 Å². The van der Waals surface area contributed by atoms with Crippen molar-refractivity contribution in [2.45, 2.75) is 19.0 Å². The Kier molecular flexibility index (Phi) is 6.60. The van der Waals surface area contributed by atoms with Crippen LogP contribution in [0.5, 0.6) is 11.5 Å². The van der Waals surface area contributed by atoms with Gasteiger partial charge in [0.15, 0.2) is 0 Å². The van der Waals surface area contributed by atoms with Crippen LogP contribution in [0, 0.1) is 5.41 Å². The van der Waals surface area contributed by atoms with E-state index in [0.29, 0.717) is 22.9 Å². The van der Waals surface area contributed by atoms with Gasteiger partial charge in [-0.15, -0.1) is 0 Å². The summed E-state index contributed by atoms with van der Waals surface area (Å²) < 4.78 is 6.03. The van der Waals surface area contributed by atoms with Crippen molar-refractivity contribution in [1.82, 2.24) is 9.97 Å². The van der Waals surface area contributed by atoms with Gasteiger partial charge in [0.25, 0.3) is 0 Å². The minimum atomic E-state index is 0.0285. The average molecular weight is 500 g/mol. The molecule has 1 aliphatic rings. The van der Waals surface area contributed by atoms with Gasteiger partial charge in [0.2, 0.25) is 5.95 Å². The first-order valence-corrected chi connectivity index (χ1v) is 11.9. The number of benzene rings is 3. The molecule has 1 atom stereocenters. The first kappa shape index (κ1) is 23.4. The van der Waals surface area contributed by atoms with Crippen LogP contribution in [0.25, 0.3) is 0 Å². The number of halogens is 1. The van der Waals surface area contributed by atoms with Crippen molar-refractivity contribution in [2.75, 3.05) is 28.2 Å². The summed E-state index contributed by atoms with van der Waals surface area (Å²) in [4.78, 5) is 10.6. The van der Waals surface area contributed by atoms with E-state index in [1.165, 1.54) is 11.3 Å². The first-order chi connectivity index (χ1) is 17.5. The quantitative estimate of drug-likeness (QED) is 0.260. The van der Waals surface area contributed by atoms with Gasteiger partial charge in [0.1, 0.15) is 23.1 Å². The largest absolute Gasteiger partial charge is 0.457 e. The van der Waals surface area contributed by atoms with Crippen molar-refractivity contribution in [2.24, 2.45) is 0 Å². The maximum absolute atomic E-state index is 7.73. The van der Waals surface area contributed by atoms with Crippen molar-refractivity contribution < 1.29 is 4.74 Å². The molecule has 9 heteroatoms. The molecule has 0 fully saturated rings. The van der Waals surface area contributed by atoms with Crippen molar-refractivity contribution in [3.63, 3.8) is 0 Å². The molecule has 3 aromatic carbocycles. The number of hydrogen-bond acceptors (Lipinski definition) is 8. The van der Waals surface area contributed by atoms with Gasteiger partial charge >= 0.3 is 0 Å². The number of rotatable bonds is 7. The van der Waals surface area contributed by atoms with Crippen molar-refractivity contribution in [3.05, 3.63) is 94.5 Å². The molecule has 2 heterocycles. The maximum Gasteiger partial charge on any atom is 0.223 e. The van der Waals surface area contributed by atoms with E-state index in [2.05, 4.69) is 44.5 Å². The van der Waals surface area contributed by atoms with Gasteiger partial charge in [0, 0.05) is 36.1 Å². The lowest BCUT2D eigenvalue weighted by molar-refractivity contribution is 0.482. The summed E-state index contributed by atoms with van der Waals surface area (Å²) >= 11 is 5.99. The normalized spacial score (nSPS) is 14.7. The molecule has 1 aromatic heterocycles. The van der Waals surface area contributed by atoms with E-state index < -0.39 is 0 Å². The third-order valence-corrected chi connectivity index (χ3v) is 6.29. The Labute approximate surface area is 214 Å². The van der Waals surface area contributed by atoms with Gasteiger partial charge in [-0.1, -0.05) is 41.9 Å². The second-order valence-corrected chi connectivity index (χ2v) is 9.07. The summed E-state index contributed by atoms with van der Waals surface area (Å²) in [5.41, 5.74) is 15.8. The highest BCUT2D eigenvalue weighted by Crippen LogP contribution is 2.31. The number of fused-ring (bicyclic) bond motifs is 1. The van der Waals surface area contributed by atoms with E-state index in [0.717, 1.165) is 36.2 Å². The number of nitrogens with one attached hydrogen (secondary N) is 2. The van der Waals surface area contributed by atoms with Gasteiger partial charge < -0.3 is 31.8 Å². The van der Waals surface area contributed by atoms with Crippen LogP contribution in [0.15, 0.2) is 72.8 Å². The van der Waals surface area contributed by atoms with Crippen LogP contribution >= 0.6 is 11.6 Å². The molecule has 0 saturated carbocycles. The molecule has 182 valence electrons. The summed E-state index contributed by atoms with van der Waals surface area (Å²) in [5.74, 6) is 2.22. The van der Waals surface area contributed by atoms with Crippen LogP contribution in [-0.2, 0) is 13.0 Å². The zero-order valence-electron chi connectivity index (χ0n) is 19.5. The molecule has 36 heavy (non-hydrogen) atoms. The van der Waals surface area contributed by atoms with Crippen molar-refractivity contribution in [3.8, 4) is 11.5 Å². The van der Waals surface area contributed by atoms with E-state index in [1.807, 2.05) is 36.4 Å². The summed E-state index contributed by atoms with van der Waals surface area (Å²) in [6.07, 6.45) is 1.95. The standard InChI is InChI=1S/C27H26ClN7O/c28-19-8-10-21(11-9-19)36-22-6-3-4-17(12-22)15-35-16-20(13-18-5-1-2-7-24(18)35)32-26-23(14-29)25(30)33-27(31)34-26/h1-12,14,20,29H,13,15-16H2,(H5,30,31,32,33,34). The van der Waals surface area contributed by atoms with Gasteiger partial charge in [-0.25, -0.2) is 0 Å². The fourth-order valence-electron chi connectivity index (χ4n) is 4.45. The molecule has 0 radical (unpaired) electrons. The molecule has 0 aliphatic carbocycles. The first-order valence-electron chi connectivity index (χ1n) is 11.5. The Bertz CT molecular complexity index is 1390. The topological polar surface area (TPSA) is 126 Å². The predicted octanol–water partition coefficient (Wildman–Crippen LogP) is 5.13. The SMILES string of the molecule is N=Cc1c(N)nc(N)nc1NC1Cc2ccccc2N(Cc2cccc(Oc3ccc(Cl)cc3)c2)C1. The van der Waals surface area contributed by atoms with E-state index in [4.69, 9.17) is 33.2 Å². The lowest BCUT2D eigenvalue weighted by Crippen LogP contribution is -2.42. The highest BCUT2D eigenvalue weighted by molar-refractivity contribution is 6.30. The number of nitrogens with two attached hydrogens (primary N) is 2. The smallest absolute Gasteiger partial charge is 0.223 e. The summed E-state index contributed by atoms with van der Waals surface area (Å²) in [6, 6.07) is 23.8. The number of nitrogens with zero attached hydrogens (tertiary/aromatic N) is 3. The van der Waals surface area contributed by atoms with E-state index in [1.54, 1.807) is 12.1 Å². The molecule has 6 N–H and O–H groups in total. The fraction of sp³-hybridized carbons (Fsp3) is 0.148. The molecule has 0 amide bonds. The third kappa shape index (κ3) is 5.18. The van der Waals surface area contributed by atoms with Crippen LogP contribution < -0.4 is 26.4 Å². The van der Waals surface area contributed by atoms with Gasteiger partial charge in [0.05, 0.1) is 5.56 Å². The number of aromatic nitrogens is 2. The minimum absolute atomic E-state index is 0.0285. The van der Waals surface area contributed by atoms with E-state index in [9.17, 15) is 0 Å². The summed E-state index contributed by atoms with van der Waals surface area (Å²) in [6.45, 7) is 1.42. The lowest BCUT2D eigenvalue weighted by atomic mass is 9.97. The number of ether oxygens (including phenoxy) is 1. The number of nitrogen functional groups attached to an aromatic ring is 2. The third-order valence-electron chi connectivity index (χ3n) is 6.04. The van der Waals surface area contributed by atoms with E-state index >= 15 is 0 Å². The maximum atomic E-state index is 7.73. The Hall–Kier alpha value is -4.30. The number of anilines is 4. The molecule has 1 aliphatic heterocycles. The molecule has 0 bridgehead atoms. The molecule has 0 saturated heterocycles. The average Bonchev–Trinajstić information content (AvgIpc) is 2.85. The molecule has 4 aromatic rings. The molecular formula is C27H26ClN7O. The Morgan fingerprint density at radius 1 is 1.03 bits per heavy atom. The monoisotopic (exact) mass is 499 g/mol. The van der Waals surface area contributed by atoms with Gasteiger partial charge in [-0.05, 0) is 60.0 Å². The van der Waals surface area contributed by atoms with Crippen LogP contribution in [0.1, 0.15) is 16.7 Å². The van der Waals surface area contributed by atoms with E-state index in [-0.39, 0.29) is 17.8 Å². The number of hydrogen-bond donors (Lipinski definition) is 4. The van der Waals surface area contributed by atoms with Crippen molar-refractivity contribution in [1.29, 1.82) is 5.41 Å². The second-order valence-electron chi connectivity index (χ2n) is 8.63. The van der Waals surface area contributed by atoms with Gasteiger partial charge in [-0.2, -0.15) is 9.97 Å². The lowest BCUT2D eigenvalue weighted by Gasteiger charge is -2.37. The molecule has 5 rings (SSSR count). The zero-order chi connectivity index (χ0) is 25.1. The molecule has 0 spiro atoms. The Morgan fingerprint density at radius 3 is 2.64 bits per heavy atom. The van der Waals surface area contributed by atoms with Gasteiger partial charge in [-0.3, -0.25) is 0 Å². The fourth-order valence-corrected chi connectivity index (χ4v) is 4.58. The highest BCUT2D eigenvalue weighted by atomic mass is 35.5. The molecule has 1 unspecified atom stereocenters.